The molecule has 8 heterocycles. The van der Waals surface area contributed by atoms with E-state index in [4.69, 9.17) is 74.7 Å². The number of phenolic OH excluding ortho intramolecular Hbond substituents is 3. The molecule has 0 saturated carbocycles. The lowest BCUT2D eigenvalue weighted by Crippen LogP contribution is -2.64. The van der Waals surface area contributed by atoms with Crippen molar-refractivity contribution in [3.05, 3.63) is 140 Å². The first kappa shape index (κ1) is 81.1. The molecule has 0 spiro atoms. The Morgan fingerprint density at radius 2 is 1.37 bits per heavy atom. The third-order valence-corrected chi connectivity index (χ3v) is 22.4. The molecule has 38 heteroatoms. The van der Waals surface area contributed by atoms with Crippen molar-refractivity contribution >= 4 is 115 Å². The number of aliphatic hydroxyl groups excluding tert-OH is 5. The molecule has 7 aliphatic heterocycles. The maximum atomic E-state index is 16.2. The Labute approximate surface area is 654 Å². The molecule has 20 N–H and O–H groups in total. The van der Waals surface area contributed by atoms with Gasteiger partial charge in [-0.2, -0.15) is 0 Å². The van der Waals surface area contributed by atoms with Gasteiger partial charge in [0.25, 0.3) is 0 Å². The Morgan fingerprint density at radius 3 is 2.00 bits per heavy atom. The Hall–Kier alpha value is -9.41. The van der Waals surface area contributed by atoms with Crippen molar-refractivity contribution in [2.75, 3.05) is 12.8 Å². The number of nitrogens with one attached hydrogen (secondary N) is 7. The van der Waals surface area contributed by atoms with Crippen LogP contribution in [0.2, 0.25) is 15.1 Å². The molecule has 0 radical (unpaired) electrons. The molecule has 0 aliphatic carbocycles. The number of phenols is 3. The Bertz CT molecular complexity index is 4830. The zero-order valence-electron chi connectivity index (χ0n) is 59.3. The first-order valence-corrected chi connectivity index (χ1v) is 37.5. The van der Waals surface area contributed by atoms with E-state index < -0.39 is 225 Å². The highest BCUT2D eigenvalue weighted by Gasteiger charge is 2.52. The molecule has 6 aromatic carbocycles. The zero-order chi connectivity index (χ0) is 80.1. The van der Waals surface area contributed by atoms with Gasteiger partial charge in [-0.15, -0.1) is 11.3 Å². The van der Waals surface area contributed by atoms with Crippen molar-refractivity contribution in [3.63, 3.8) is 0 Å². The maximum Gasteiger partial charge on any atom is 0.330 e. The van der Waals surface area contributed by atoms with Crippen molar-refractivity contribution in [3.8, 4) is 57.1 Å². The number of fused-ring (bicyclic) bond motifs is 16. The fraction of sp³-hybridized carbons (Fsp3) is 0.384. The van der Waals surface area contributed by atoms with Crippen LogP contribution >= 0.6 is 57.9 Å². The summed E-state index contributed by atoms with van der Waals surface area (Å²) in [6.45, 7) is 6.70. The maximum absolute atomic E-state index is 16.2. The smallest absolute Gasteiger partial charge is 0.330 e. The molecule has 111 heavy (non-hydrogen) atoms. The van der Waals surface area contributed by atoms with E-state index in [1.165, 1.54) is 50.4 Å². The number of hydrogen-bond donors (Lipinski definition) is 18. The van der Waals surface area contributed by atoms with Gasteiger partial charge in [-0.25, -0.2) is 9.78 Å². The number of aliphatic hydroxyl groups is 5. The number of aromatic hydroxyl groups is 3. The predicted octanol–water partition coefficient (Wildman–Crippen LogP) is 4.17. The van der Waals surface area contributed by atoms with E-state index in [0.717, 1.165) is 77.1 Å². The minimum atomic E-state index is -2.35. The van der Waals surface area contributed by atoms with E-state index in [9.17, 15) is 69.9 Å². The van der Waals surface area contributed by atoms with Gasteiger partial charge in [0.2, 0.25) is 53.4 Å². The van der Waals surface area contributed by atoms with Gasteiger partial charge in [0.1, 0.15) is 83.4 Å². The average Bonchev–Trinajstić information content (AvgIpc) is 1.27. The summed E-state index contributed by atoms with van der Waals surface area (Å²) in [6.07, 6.45) is -18.0. The van der Waals surface area contributed by atoms with Gasteiger partial charge in [0.05, 0.1) is 51.0 Å². The van der Waals surface area contributed by atoms with Gasteiger partial charge < -0.3 is 123 Å². The number of aromatic nitrogens is 1. The van der Waals surface area contributed by atoms with E-state index in [-0.39, 0.29) is 57.7 Å². The highest BCUT2D eigenvalue weighted by Crippen LogP contribution is 2.50. The van der Waals surface area contributed by atoms with Crippen LogP contribution in [0.15, 0.2) is 101 Å². The second-order valence-corrected chi connectivity index (χ2v) is 31.5. The van der Waals surface area contributed by atoms with Crippen LogP contribution in [0.1, 0.15) is 105 Å². The van der Waals surface area contributed by atoms with E-state index in [1.54, 1.807) is 18.2 Å². The zero-order valence-corrected chi connectivity index (χ0v) is 63.2. The van der Waals surface area contributed by atoms with Gasteiger partial charge in [-0.1, -0.05) is 78.6 Å². The molecule has 2 fully saturated rings. The molecule has 18 atom stereocenters. The van der Waals surface area contributed by atoms with Gasteiger partial charge in [0.15, 0.2) is 34.3 Å². The second-order valence-electron chi connectivity index (χ2n) is 27.9. The topological polar surface area (TPSA) is 523 Å². The summed E-state index contributed by atoms with van der Waals surface area (Å²) in [6, 6.07) is 4.70. The van der Waals surface area contributed by atoms with Crippen LogP contribution in [0.4, 0.5) is 0 Å². The van der Waals surface area contributed by atoms with Crippen LogP contribution in [0.5, 0.6) is 46.0 Å². The number of carboxylic acid groups (broad SMARTS) is 1. The standard InChI is InChI=1S/C73H77Cl3N10O23S2/c1-26(2)14-39(79-5)64(96)85-55-57(91)29-7-11-43(36(75)16-29)105-45-18-31-19-46(61(45)109-71-62(108-50-24-73(4,78)63(95)27(3)104-50)60(94)59(93)47(107-71)25-110-72-81-38-20-32(74)9-13-48(38)111-72)106-44-12-8-30(17-37(44)76)58(92)56-69(101)84-54(70(102)103)35-21-33(87)22-42(89)51(35)34-15-28(6-10-41(34)88)52(66(98)86-56)83-67(99)53(31)82-65(97)40(23-49(77)90)80-68(55)100/h6-13,15-22,26-27,39-40,47,50,52-60,62-63,71,79,87-89,91-95H,14,23-25,78H2,1-5H3,(H2,77,90)(H,80,100)(H,82,97)(H,83,99)(H,84,101)(H,85,96)(H,86,98)(H,102,103)/t27?,39-,40+,47?,50?,52-,53-,54-,55-,56+,57-,58-,59?,60?,62?,63?,71?,73?/m1/s1. The number of rotatable bonds is 15. The molecule has 33 nitrogen and oxygen atoms in total. The van der Waals surface area contributed by atoms with Gasteiger partial charge >= 0.3 is 5.97 Å². The van der Waals surface area contributed by atoms with Crippen LogP contribution in [0.25, 0.3) is 21.3 Å². The number of halogens is 3. The molecule has 7 aliphatic rings. The number of benzene rings is 6. The normalized spacial score (nSPS) is 27.9. The van der Waals surface area contributed by atoms with Crippen LogP contribution in [-0.4, -0.2) is 190 Å². The summed E-state index contributed by atoms with van der Waals surface area (Å²) in [5.41, 5.74) is 8.79. The first-order chi connectivity index (χ1) is 52.5. The van der Waals surface area contributed by atoms with Crippen molar-refractivity contribution in [2.24, 2.45) is 17.4 Å². The number of aliphatic carboxylic acids is 1. The lowest BCUT2D eigenvalue weighted by atomic mass is 9.86. The number of hydrogen-bond acceptors (Lipinski definition) is 27. The van der Waals surface area contributed by atoms with Crippen molar-refractivity contribution in [1.29, 1.82) is 0 Å². The van der Waals surface area contributed by atoms with Crippen molar-refractivity contribution in [1.82, 2.24) is 42.2 Å². The Kier molecular flexibility index (Phi) is 24.2. The summed E-state index contributed by atoms with van der Waals surface area (Å²) < 4.78 is 41.0. The summed E-state index contributed by atoms with van der Waals surface area (Å²) in [5, 5.41) is 123. The van der Waals surface area contributed by atoms with Crippen molar-refractivity contribution in [2.45, 2.75) is 161 Å². The molecule has 11 bridgehead atoms. The van der Waals surface area contributed by atoms with Crippen LogP contribution in [0.3, 0.4) is 0 Å². The van der Waals surface area contributed by atoms with Crippen LogP contribution in [0, 0.1) is 5.92 Å². The monoisotopic (exact) mass is 1630 g/mol. The van der Waals surface area contributed by atoms with Crippen LogP contribution < -0.4 is 62.9 Å². The lowest BCUT2D eigenvalue weighted by molar-refractivity contribution is -0.329. The molecule has 7 amide bonds. The first-order valence-electron chi connectivity index (χ1n) is 34.6. The number of thioether (sulfide) groups is 1. The fourth-order valence-electron chi connectivity index (χ4n) is 13.6. The van der Waals surface area contributed by atoms with Gasteiger partial charge in [-0.05, 0) is 128 Å². The van der Waals surface area contributed by atoms with E-state index in [2.05, 4.69) is 42.2 Å². The van der Waals surface area contributed by atoms with Gasteiger partial charge in [0, 0.05) is 45.5 Å². The third-order valence-electron chi connectivity index (χ3n) is 19.3. The molecule has 590 valence electrons. The molecule has 2 saturated heterocycles. The van der Waals surface area contributed by atoms with Crippen molar-refractivity contribution < 1.29 is 113 Å². The summed E-state index contributed by atoms with van der Waals surface area (Å²) in [4.78, 5) is 123. The summed E-state index contributed by atoms with van der Waals surface area (Å²) in [5.74, 6) is -16.0. The third kappa shape index (κ3) is 17.5. The molecule has 7 aromatic rings. The van der Waals surface area contributed by atoms with E-state index in [0.29, 0.717) is 14.9 Å². The number of likely N-dealkylation sites (N-methyl/N-ethyl adjacent to an activating group) is 1. The number of thiazole rings is 1. The Morgan fingerprint density at radius 1 is 0.730 bits per heavy atom. The quantitative estimate of drug-likeness (QED) is 0.0640. The number of nitrogens with two attached hydrogens (primary N) is 2. The van der Waals surface area contributed by atoms with Crippen LogP contribution in [-0.2, 0) is 52.6 Å². The summed E-state index contributed by atoms with van der Waals surface area (Å²) in [7, 11) is 1.48. The number of nitrogens with zero attached hydrogens (tertiary/aromatic N) is 1. The minimum absolute atomic E-state index is 0.102. The lowest BCUT2D eigenvalue weighted by Gasteiger charge is -2.47. The number of carboxylic acids is 1. The van der Waals surface area contributed by atoms with E-state index >= 15 is 14.4 Å². The SMILES string of the molecule is CN[C@H](CC(C)C)C(=O)N[C@H]1C(=O)N[C@@H](CC(N)=O)C(=O)N[C@H]2C(=O)N[C@H]3C(=O)N[C@H](C(=O)N[C@@H](C(=O)O)c4cc(O)cc(O)c4-c4cc3ccc4O)[C@H](O)c3ccc(c(Cl)c3)Oc3cc2cc(c3OC2OC(CSc3nc4cc(Cl)ccc4s3)C(O)C(O)C2OC2CC(C)(N)C(O)C(C)O2)Oc2ccc(cc2Cl)[C@H]1O. The number of primary amides is 1. The fourth-order valence-corrected chi connectivity index (χ4v) is 16.3. The predicted molar refractivity (Wildman–Crippen MR) is 398 cm³/mol. The number of carbonyl (C=O) groups is 8. The Balaban J connectivity index is 1.09. The highest BCUT2D eigenvalue weighted by atomic mass is 35.5. The van der Waals surface area contributed by atoms with E-state index in [1.807, 2.05) is 13.8 Å². The molecule has 1 aromatic heterocycles. The molecular formula is C73H77Cl3N10O23S2. The summed E-state index contributed by atoms with van der Waals surface area (Å²) >= 11 is 23.1. The number of carbonyl (C=O) groups excluding carboxylic acids is 7. The molecule has 14 rings (SSSR count). The molecule has 9 unspecified atom stereocenters. The van der Waals surface area contributed by atoms with Gasteiger partial charge in [-0.3, -0.25) is 33.6 Å². The molecular weight excluding hydrogens is 1560 g/mol. The minimum Gasteiger partial charge on any atom is -0.508 e. The number of amides is 7. The average molecular weight is 1630 g/mol. The largest absolute Gasteiger partial charge is 0.508 e. The second kappa shape index (κ2) is 33.1. The number of ether oxygens (including phenoxy) is 6. The highest BCUT2D eigenvalue weighted by molar-refractivity contribution is 8.01.